The van der Waals surface area contributed by atoms with Crippen molar-refractivity contribution in [2.75, 3.05) is 7.05 Å². The van der Waals surface area contributed by atoms with Gasteiger partial charge < -0.3 is 0 Å². The second kappa shape index (κ2) is 2.92. The first-order chi connectivity index (χ1) is 3.13. The molecule has 0 saturated carbocycles. The van der Waals surface area contributed by atoms with Crippen LogP contribution in [0.25, 0.3) is 0 Å². The first kappa shape index (κ1) is 6.83. The maximum atomic E-state index is 9.50. The van der Waals surface area contributed by atoms with Gasteiger partial charge in [-0.05, 0) is 0 Å². The summed E-state index contributed by atoms with van der Waals surface area (Å²) in [5.41, 5.74) is 0. The van der Waals surface area contributed by atoms with Crippen molar-refractivity contribution in [3.05, 3.63) is 0 Å². The summed E-state index contributed by atoms with van der Waals surface area (Å²) in [4.78, 5) is 0. The van der Waals surface area contributed by atoms with Crippen LogP contribution in [0.15, 0.2) is 0 Å². The number of hydrogen-bond acceptors (Lipinski definition) is 5. The molecule has 0 radical (unpaired) electrons. The number of thiol groups is 1. The first-order valence-corrected chi connectivity index (χ1v) is 2.53. The van der Waals surface area contributed by atoms with Gasteiger partial charge in [-0.3, -0.25) is 0 Å². The molecule has 0 aliphatic rings. The van der Waals surface area contributed by atoms with E-state index in [1.54, 1.807) is 0 Å². The molecule has 0 heterocycles. The molecule has 7 heavy (non-hydrogen) atoms. The quantitative estimate of drug-likeness (QED) is 0.261. The van der Waals surface area contributed by atoms with Crippen LogP contribution >= 0.6 is 0 Å². The molecule has 0 amide bonds. The molecule has 0 spiro atoms. The van der Waals surface area contributed by atoms with Gasteiger partial charge in [0.2, 0.25) is 0 Å². The van der Waals surface area contributed by atoms with Gasteiger partial charge in [0.15, 0.2) is 0 Å². The molecular weight excluding hydrogens is 120 g/mol. The summed E-state index contributed by atoms with van der Waals surface area (Å²) in [5.74, 6) is 4.72. The Morgan fingerprint density at radius 3 is 2.14 bits per heavy atom. The minimum absolute atomic E-state index is 0.603. The molecule has 0 aromatic carbocycles. The minimum atomic E-state index is -2.84. The van der Waals surface area contributed by atoms with Gasteiger partial charge in [0.05, 0.1) is 0 Å². The van der Waals surface area contributed by atoms with E-state index in [9.17, 15) is 8.42 Å². The van der Waals surface area contributed by atoms with E-state index in [1.807, 2.05) is 0 Å². The normalized spacial score (nSPS) is 10.9. The predicted octanol–water partition coefficient (Wildman–Crippen LogP) is -1.75. The van der Waals surface area contributed by atoms with Crippen LogP contribution in [0.2, 0.25) is 0 Å². The van der Waals surface area contributed by atoms with Crippen LogP contribution in [0.5, 0.6) is 0 Å². The summed E-state index contributed by atoms with van der Waals surface area (Å²) >= 11 is 0. The van der Waals surface area contributed by atoms with Crippen molar-refractivity contribution in [1.29, 1.82) is 0 Å². The third-order valence-electron chi connectivity index (χ3n) is 0.195. The van der Waals surface area contributed by atoms with E-state index in [0.717, 1.165) is 0 Å². The van der Waals surface area contributed by atoms with Crippen LogP contribution in [0.4, 0.5) is 0 Å². The van der Waals surface area contributed by atoms with Crippen molar-refractivity contribution >= 4 is 11.0 Å². The zero-order valence-corrected chi connectivity index (χ0v) is 4.59. The van der Waals surface area contributed by atoms with E-state index in [-0.39, 0.29) is 0 Å². The minimum Gasteiger partial charge on any atom is -0.244 e. The lowest BCUT2D eigenvalue weighted by Crippen LogP contribution is -2.25. The lowest BCUT2D eigenvalue weighted by atomic mass is 11.5. The van der Waals surface area contributed by atoms with E-state index in [1.165, 1.54) is 7.05 Å². The van der Waals surface area contributed by atoms with Crippen molar-refractivity contribution in [2.45, 2.75) is 0 Å². The lowest BCUT2D eigenvalue weighted by molar-refractivity contribution is -0.0196. The molecule has 44 valence electrons. The lowest BCUT2D eigenvalue weighted by Gasteiger charge is -1.99. The summed E-state index contributed by atoms with van der Waals surface area (Å²) in [6.45, 7) is 0. The van der Waals surface area contributed by atoms with Gasteiger partial charge in [0, 0.05) is 7.05 Å². The number of hydroxylamine groups is 1. The molecule has 0 fully saturated rings. The fraction of sp³-hybridized carbons (Fsp3) is 1.00. The molecule has 0 aliphatic heterocycles. The average molecular weight is 126 g/mol. The molecule has 6 heteroatoms. The third-order valence-corrected chi connectivity index (χ3v) is 0.586. The molecular formula is CH6N2O3S. The van der Waals surface area contributed by atoms with Crippen LogP contribution < -0.4 is 5.84 Å². The standard InChI is InChI=1S/CH6N2O3S/c1-3(2)6-7(4)5/h7H,2H2,1H3. The average Bonchev–Trinajstić information content (AvgIpc) is 1.27. The van der Waals surface area contributed by atoms with Crippen LogP contribution in [0.3, 0.4) is 0 Å². The molecule has 0 unspecified atom stereocenters. The maximum Gasteiger partial charge on any atom is 0.274 e. The van der Waals surface area contributed by atoms with Gasteiger partial charge in [-0.2, -0.15) is 4.28 Å². The summed E-state index contributed by atoms with van der Waals surface area (Å²) < 4.78 is 22.8. The number of nitrogens with zero attached hydrogens (tertiary/aromatic N) is 1. The SMILES string of the molecule is CN(N)O[SH](=O)=O. The molecule has 2 N–H and O–H groups in total. The fourth-order valence-electron chi connectivity index (χ4n) is 0.105. The van der Waals surface area contributed by atoms with Crippen LogP contribution in [-0.4, -0.2) is 20.6 Å². The number of hydrogen-bond donors (Lipinski definition) is 2. The molecule has 0 bridgehead atoms. The van der Waals surface area contributed by atoms with E-state index in [2.05, 4.69) is 4.28 Å². The Morgan fingerprint density at radius 2 is 2.14 bits per heavy atom. The van der Waals surface area contributed by atoms with Gasteiger partial charge in [0.25, 0.3) is 11.0 Å². The number of hydrazine groups is 1. The highest BCUT2D eigenvalue weighted by Crippen LogP contribution is 1.68. The second-order valence-corrected chi connectivity index (χ2v) is 1.46. The van der Waals surface area contributed by atoms with Crippen molar-refractivity contribution < 1.29 is 12.7 Å². The highest BCUT2D eigenvalue weighted by molar-refractivity contribution is 7.67. The number of rotatable bonds is 2. The third kappa shape index (κ3) is 5.83. The summed E-state index contributed by atoms with van der Waals surface area (Å²) in [6, 6.07) is 0. The Hall–Kier alpha value is -0.170. The van der Waals surface area contributed by atoms with Crippen LogP contribution in [-0.2, 0) is 15.3 Å². The van der Waals surface area contributed by atoms with E-state index < -0.39 is 11.0 Å². The largest absolute Gasteiger partial charge is 0.274 e. The highest BCUT2D eigenvalue weighted by atomic mass is 32.2. The van der Waals surface area contributed by atoms with E-state index >= 15 is 0 Å². The van der Waals surface area contributed by atoms with Crippen LogP contribution in [0.1, 0.15) is 0 Å². The molecule has 0 atom stereocenters. The summed E-state index contributed by atoms with van der Waals surface area (Å²) in [6.07, 6.45) is 0. The van der Waals surface area contributed by atoms with Gasteiger partial charge >= 0.3 is 0 Å². The van der Waals surface area contributed by atoms with Crippen molar-refractivity contribution in [3.63, 3.8) is 0 Å². The zero-order valence-electron chi connectivity index (χ0n) is 3.70. The fourth-order valence-corrected chi connectivity index (χ4v) is 0.315. The zero-order chi connectivity index (χ0) is 5.86. The Kier molecular flexibility index (Phi) is 2.84. The van der Waals surface area contributed by atoms with Crippen molar-refractivity contribution in [3.8, 4) is 0 Å². The van der Waals surface area contributed by atoms with Gasteiger partial charge in [-0.15, -0.1) is 5.17 Å². The first-order valence-electron chi connectivity index (χ1n) is 1.44. The van der Waals surface area contributed by atoms with Crippen molar-refractivity contribution in [2.24, 2.45) is 5.84 Å². The molecule has 0 saturated heterocycles. The monoisotopic (exact) mass is 126 g/mol. The Labute approximate surface area is 42.7 Å². The molecule has 0 aromatic rings. The van der Waals surface area contributed by atoms with Gasteiger partial charge in [0.1, 0.15) is 0 Å². The van der Waals surface area contributed by atoms with E-state index in [4.69, 9.17) is 5.84 Å². The summed E-state index contributed by atoms with van der Waals surface area (Å²) in [5, 5.41) is 0.603. The van der Waals surface area contributed by atoms with Crippen LogP contribution in [0, 0.1) is 0 Å². The molecule has 5 nitrogen and oxygen atoms in total. The Morgan fingerprint density at radius 1 is 1.71 bits per heavy atom. The van der Waals surface area contributed by atoms with Gasteiger partial charge in [-0.25, -0.2) is 14.3 Å². The highest BCUT2D eigenvalue weighted by Gasteiger charge is 1.85. The molecule has 0 aromatic heterocycles. The van der Waals surface area contributed by atoms with E-state index in [0.29, 0.717) is 5.17 Å². The smallest absolute Gasteiger partial charge is 0.244 e. The Balaban J connectivity index is 3.32. The topological polar surface area (TPSA) is 72.6 Å². The molecule has 0 rings (SSSR count). The maximum absolute atomic E-state index is 9.50. The van der Waals surface area contributed by atoms with Crippen molar-refractivity contribution in [1.82, 2.24) is 5.17 Å². The van der Waals surface area contributed by atoms with Gasteiger partial charge in [-0.1, -0.05) is 0 Å². The predicted molar refractivity (Wildman–Crippen MR) is 23.4 cm³/mol. The molecule has 0 aliphatic carbocycles. The Bertz CT molecular complexity index is 99.5. The summed E-state index contributed by atoms with van der Waals surface area (Å²) in [7, 11) is -1.57. The second-order valence-electron chi connectivity index (χ2n) is 0.851. The number of nitrogens with two attached hydrogens (primary N) is 1.